The number of hydrogen-bond acceptors (Lipinski definition) is 2. The van der Waals surface area contributed by atoms with Crippen molar-refractivity contribution < 1.29 is 0 Å². The zero-order valence-electron chi connectivity index (χ0n) is 13.4. The van der Waals surface area contributed by atoms with Crippen molar-refractivity contribution in [2.75, 3.05) is 11.9 Å². The summed E-state index contributed by atoms with van der Waals surface area (Å²) >= 11 is 3.62. The molecule has 1 unspecified atom stereocenters. The van der Waals surface area contributed by atoms with Gasteiger partial charge in [0.25, 0.3) is 0 Å². The van der Waals surface area contributed by atoms with Crippen molar-refractivity contribution in [3.05, 3.63) is 27.7 Å². The molecule has 1 aromatic rings. The first-order chi connectivity index (χ1) is 9.41. The van der Waals surface area contributed by atoms with Gasteiger partial charge in [0, 0.05) is 22.2 Å². The molecule has 0 spiro atoms. The Balaban J connectivity index is 2.71. The van der Waals surface area contributed by atoms with Crippen LogP contribution in [-0.2, 0) is 0 Å². The molecule has 0 aliphatic carbocycles. The van der Waals surface area contributed by atoms with Crippen molar-refractivity contribution >= 4 is 21.6 Å². The number of benzene rings is 1. The van der Waals surface area contributed by atoms with Crippen LogP contribution in [-0.4, -0.2) is 12.1 Å². The Morgan fingerprint density at radius 3 is 2.25 bits per heavy atom. The highest BCUT2D eigenvalue weighted by atomic mass is 79.9. The number of hydrogen-bond donors (Lipinski definition) is 2. The second-order valence-electron chi connectivity index (χ2n) is 6.12. The van der Waals surface area contributed by atoms with E-state index in [1.54, 1.807) is 0 Å². The third-order valence-corrected chi connectivity index (χ3v) is 5.17. The third kappa shape index (κ3) is 5.10. The average molecular weight is 341 g/mol. The minimum absolute atomic E-state index is 0.0134. The number of nitrogens with one attached hydrogen (secondary N) is 1. The van der Waals surface area contributed by atoms with Crippen LogP contribution >= 0.6 is 15.9 Å². The standard InChI is InChI=1S/C17H29BrN2/c1-5-6-7-8-9-17(4,12-19)20-15-10-13(2)16(18)14(3)11-15/h10-11,20H,5-9,12,19H2,1-4H3. The van der Waals surface area contributed by atoms with Crippen molar-refractivity contribution in [3.8, 4) is 0 Å². The number of anilines is 1. The molecule has 3 N–H and O–H groups in total. The van der Waals surface area contributed by atoms with Crippen LogP contribution in [0.25, 0.3) is 0 Å². The lowest BCUT2D eigenvalue weighted by Gasteiger charge is -2.31. The molecule has 0 heterocycles. The average Bonchev–Trinajstić information content (AvgIpc) is 2.41. The van der Waals surface area contributed by atoms with E-state index in [0.29, 0.717) is 6.54 Å². The number of rotatable bonds is 8. The van der Waals surface area contributed by atoms with Gasteiger partial charge in [0.05, 0.1) is 0 Å². The van der Waals surface area contributed by atoms with Gasteiger partial charge in [-0.05, 0) is 50.5 Å². The molecule has 114 valence electrons. The summed E-state index contributed by atoms with van der Waals surface area (Å²) in [6.45, 7) is 9.39. The highest BCUT2D eigenvalue weighted by molar-refractivity contribution is 9.10. The van der Waals surface area contributed by atoms with Gasteiger partial charge < -0.3 is 11.1 Å². The van der Waals surface area contributed by atoms with Crippen molar-refractivity contribution in [2.45, 2.75) is 65.3 Å². The Morgan fingerprint density at radius 2 is 1.75 bits per heavy atom. The Labute approximate surface area is 132 Å². The van der Waals surface area contributed by atoms with Gasteiger partial charge >= 0.3 is 0 Å². The first-order valence-corrected chi connectivity index (χ1v) is 8.46. The fourth-order valence-electron chi connectivity index (χ4n) is 2.52. The van der Waals surface area contributed by atoms with Crippen molar-refractivity contribution in [2.24, 2.45) is 5.73 Å². The fourth-order valence-corrected chi connectivity index (χ4v) is 2.75. The molecule has 1 rings (SSSR count). The van der Waals surface area contributed by atoms with Gasteiger partial charge in [0.1, 0.15) is 0 Å². The molecule has 0 radical (unpaired) electrons. The summed E-state index contributed by atoms with van der Waals surface area (Å²) in [6, 6.07) is 4.38. The van der Waals surface area contributed by atoms with E-state index >= 15 is 0 Å². The largest absolute Gasteiger partial charge is 0.379 e. The summed E-state index contributed by atoms with van der Waals surface area (Å²) < 4.78 is 1.19. The minimum Gasteiger partial charge on any atom is -0.379 e. The topological polar surface area (TPSA) is 38.0 Å². The number of aryl methyl sites for hydroxylation is 2. The van der Waals surface area contributed by atoms with E-state index in [0.717, 1.165) is 6.42 Å². The molecule has 1 aromatic carbocycles. The van der Waals surface area contributed by atoms with E-state index in [2.05, 4.69) is 61.1 Å². The van der Waals surface area contributed by atoms with E-state index < -0.39 is 0 Å². The van der Waals surface area contributed by atoms with Crippen molar-refractivity contribution in [1.29, 1.82) is 0 Å². The molecule has 2 nitrogen and oxygen atoms in total. The number of unbranched alkanes of at least 4 members (excludes halogenated alkanes) is 3. The maximum Gasteiger partial charge on any atom is 0.0467 e. The molecule has 0 aromatic heterocycles. The van der Waals surface area contributed by atoms with Gasteiger partial charge in [0.15, 0.2) is 0 Å². The van der Waals surface area contributed by atoms with Crippen LogP contribution in [0.15, 0.2) is 16.6 Å². The maximum absolute atomic E-state index is 6.00. The van der Waals surface area contributed by atoms with Gasteiger partial charge in [-0.3, -0.25) is 0 Å². The normalized spacial score (nSPS) is 14.1. The van der Waals surface area contributed by atoms with Crippen LogP contribution in [0.5, 0.6) is 0 Å². The zero-order valence-corrected chi connectivity index (χ0v) is 14.9. The number of halogens is 1. The molecule has 0 aliphatic heterocycles. The first-order valence-electron chi connectivity index (χ1n) is 7.67. The lowest BCUT2D eigenvalue weighted by atomic mass is 9.93. The van der Waals surface area contributed by atoms with E-state index in [9.17, 15) is 0 Å². The molecule has 0 saturated heterocycles. The Bertz CT molecular complexity index is 408. The van der Waals surface area contributed by atoms with Crippen molar-refractivity contribution in [1.82, 2.24) is 0 Å². The summed E-state index contributed by atoms with van der Waals surface area (Å²) in [5.74, 6) is 0. The molecule has 0 saturated carbocycles. The Hall–Kier alpha value is -0.540. The summed E-state index contributed by atoms with van der Waals surface area (Å²) in [5, 5.41) is 3.65. The summed E-state index contributed by atoms with van der Waals surface area (Å²) in [7, 11) is 0. The van der Waals surface area contributed by atoms with Crippen LogP contribution < -0.4 is 11.1 Å². The fraction of sp³-hybridized carbons (Fsp3) is 0.647. The zero-order chi connectivity index (χ0) is 15.2. The molecular formula is C17H29BrN2. The second kappa shape index (κ2) is 8.04. The van der Waals surface area contributed by atoms with Gasteiger partial charge in [-0.25, -0.2) is 0 Å². The number of nitrogens with two attached hydrogens (primary N) is 1. The van der Waals surface area contributed by atoms with E-state index in [1.807, 2.05) is 0 Å². The van der Waals surface area contributed by atoms with Crippen LogP contribution in [0.1, 0.15) is 57.1 Å². The molecule has 0 aliphatic rings. The molecule has 3 heteroatoms. The molecule has 20 heavy (non-hydrogen) atoms. The molecule has 1 atom stereocenters. The predicted octanol–water partition coefficient (Wildman–Crippen LogP) is 5.17. The molecule has 0 fully saturated rings. The van der Waals surface area contributed by atoms with Crippen LogP contribution in [0.2, 0.25) is 0 Å². The Morgan fingerprint density at radius 1 is 1.15 bits per heavy atom. The second-order valence-corrected chi connectivity index (χ2v) is 6.92. The van der Waals surface area contributed by atoms with Gasteiger partial charge in [-0.1, -0.05) is 48.5 Å². The summed E-state index contributed by atoms with van der Waals surface area (Å²) in [4.78, 5) is 0. The third-order valence-electron chi connectivity index (χ3n) is 3.92. The van der Waals surface area contributed by atoms with E-state index in [1.165, 1.54) is 47.0 Å². The lowest BCUT2D eigenvalue weighted by molar-refractivity contribution is 0.451. The molecule has 0 bridgehead atoms. The maximum atomic E-state index is 6.00. The highest BCUT2D eigenvalue weighted by Gasteiger charge is 2.21. The Kier molecular flexibility index (Phi) is 7.04. The first kappa shape index (κ1) is 17.5. The molecule has 0 amide bonds. The highest BCUT2D eigenvalue weighted by Crippen LogP contribution is 2.28. The van der Waals surface area contributed by atoms with Crippen LogP contribution in [0.4, 0.5) is 5.69 Å². The predicted molar refractivity (Wildman–Crippen MR) is 93.5 cm³/mol. The van der Waals surface area contributed by atoms with Crippen LogP contribution in [0, 0.1) is 13.8 Å². The summed E-state index contributed by atoms with van der Waals surface area (Å²) in [6.07, 6.45) is 6.25. The summed E-state index contributed by atoms with van der Waals surface area (Å²) in [5.41, 5.74) is 9.69. The van der Waals surface area contributed by atoms with E-state index in [4.69, 9.17) is 5.73 Å². The smallest absolute Gasteiger partial charge is 0.0467 e. The van der Waals surface area contributed by atoms with E-state index in [-0.39, 0.29) is 5.54 Å². The van der Waals surface area contributed by atoms with Crippen LogP contribution in [0.3, 0.4) is 0 Å². The SMILES string of the molecule is CCCCCCC(C)(CN)Nc1cc(C)c(Br)c(C)c1. The quantitative estimate of drug-likeness (QED) is 0.641. The van der Waals surface area contributed by atoms with Gasteiger partial charge in [-0.2, -0.15) is 0 Å². The minimum atomic E-state index is -0.0134. The van der Waals surface area contributed by atoms with Gasteiger partial charge in [-0.15, -0.1) is 0 Å². The van der Waals surface area contributed by atoms with Gasteiger partial charge in [0.2, 0.25) is 0 Å². The van der Waals surface area contributed by atoms with Crippen molar-refractivity contribution in [3.63, 3.8) is 0 Å². The molecular weight excluding hydrogens is 312 g/mol. The lowest BCUT2D eigenvalue weighted by Crippen LogP contribution is -2.42. The monoisotopic (exact) mass is 340 g/mol.